The number of hydrogen-bond acceptors (Lipinski definition) is 2. The van der Waals surface area contributed by atoms with Crippen molar-refractivity contribution in [3.8, 4) is 0 Å². The second kappa shape index (κ2) is 5.54. The van der Waals surface area contributed by atoms with E-state index in [0.717, 1.165) is 25.7 Å². The van der Waals surface area contributed by atoms with E-state index in [9.17, 15) is 13.9 Å². The number of fused-ring (bicyclic) bond motifs is 1. The largest absolute Gasteiger partial charge is 0.383 e. The highest BCUT2D eigenvalue weighted by atomic mass is 79.9. The van der Waals surface area contributed by atoms with Crippen molar-refractivity contribution in [1.82, 2.24) is 0 Å². The van der Waals surface area contributed by atoms with E-state index in [1.54, 1.807) is 0 Å². The third-order valence-electron chi connectivity index (χ3n) is 3.64. The van der Waals surface area contributed by atoms with Crippen molar-refractivity contribution < 1.29 is 13.9 Å². The molecule has 1 aliphatic carbocycles. The van der Waals surface area contributed by atoms with Crippen LogP contribution >= 0.6 is 27.3 Å². The molecule has 0 saturated carbocycles. The first-order valence-corrected chi connectivity index (χ1v) is 8.12. The lowest BCUT2D eigenvalue weighted by molar-refractivity contribution is 0.212. The summed E-state index contributed by atoms with van der Waals surface area (Å²) in [6.07, 6.45) is 3.02. The number of aliphatic hydroxyl groups excluding tert-OH is 1. The van der Waals surface area contributed by atoms with Crippen molar-refractivity contribution in [2.45, 2.75) is 31.8 Å². The van der Waals surface area contributed by atoms with Crippen molar-refractivity contribution in [2.24, 2.45) is 0 Å². The van der Waals surface area contributed by atoms with Crippen LogP contribution in [0, 0.1) is 11.6 Å². The average Bonchev–Trinajstić information content (AvgIpc) is 2.87. The van der Waals surface area contributed by atoms with Gasteiger partial charge in [0.25, 0.3) is 0 Å². The van der Waals surface area contributed by atoms with E-state index in [-0.39, 0.29) is 10.0 Å². The maximum absolute atomic E-state index is 14.0. The highest BCUT2D eigenvalue weighted by Gasteiger charge is 2.25. The minimum Gasteiger partial charge on any atom is -0.383 e. The Kier molecular flexibility index (Phi) is 3.93. The standard InChI is InChI=1S/C15H13BrF2OS/c16-9-5-6-10(17)13(14(9)18)15(19)12-7-8-3-1-2-4-11(8)20-12/h5-7,15,19H,1-4H2. The van der Waals surface area contributed by atoms with Crippen molar-refractivity contribution in [2.75, 3.05) is 0 Å². The van der Waals surface area contributed by atoms with E-state index in [0.29, 0.717) is 4.88 Å². The summed E-state index contributed by atoms with van der Waals surface area (Å²) in [6, 6.07) is 4.36. The lowest BCUT2D eigenvalue weighted by atomic mass is 9.98. The zero-order valence-corrected chi connectivity index (χ0v) is 13.0. The molecule has 0 fully saturated rings. The van der Waals surface area contributed by atoms with Gasteiger partial charge in [-0.2, -0.15) is 0 Å². The number of benzene rings is 1. The van der Waals surface area contributed by atoms with Crippen LogP contribution in [0.5, 0.6) is 0 Å². The van der Waals surface area contributed by atoms with Crippen LogP contribution in [0.25, 0.3) is 0 Å². The first kappa shape index (κ1) is 14.2. The molecule has 5 heteroatoms. The molecule has 1 aromatic heterocycles. The van der Waals surface area contributed by atoms with Gasteiger partial charge in [0.2, 0.25) is 0 Å². The second-order valence-corrected chi connectivity index (χ2v) is 6.99. The number of hydrogen-bond donors (Lipinski definition) is 1. The SMILES string of the molecule is OC(c1cc2c(s1)CCCC2)c1c(F)ccc(Br)c1F. The normalized spacial score (nSPS) is 16.0. The zero-order chi connectivity index (χ0) is 14.3. The molecule has 0 saturated heterocycles. The first-order chi connectivity index (χ1) is 9.58. The minimum absolute atomic E-state index is 0.161. The van der Waals surface area contributed by atoms with E-state index in [1.165, 1.54) is 33.9 Å². The van der Waals surface area contributed by atoms with Crippen LogP contribution in [-0.2, 0) is 12.8 Å². The Hall–Kier alpha value is -0.780. The molecule has 0 spiro atoms. The van der Waals surface area contributed by atoms with Gasteiger partial charge in [0, 0.05) is 9.75 Å². The third kappa shape index (κ3) is 2.43. The van der Waals surface area contributed by atoms with Crippen molar-refractivity contribution in [1.29, 1.82) is 0 Å². The smallest absolute Gasteiger partial charge is 0.146 e. The lowest BCUT2D eigenvalue weighted by Crippen LogP contribution is -2.05. The molecule has 1 heterocycles. The average molecular weight is 359 g/mol. The van der Waals surface area contributed by atoms with Gasteiger partial charge in [-0.05, 0) is 65.4 Å². The van der Waals surface area contributed by atoms with Crippen LogP contribution in [0.15, 0.2) is 22.7 Å². The molecule has 20 heavy (non-hydrogen) atoms. The maximum Gasteiger partial charge on any atom is 0.146 e. The Labute approximate surface area is 128 Å². The first-order valence-electron chi connectivity index (χ1n) is 6.51. The Morgan fingerprint density at radius 3 is 2.70 bits per heavy atom. The summed E-state index contributed by atoms with van der Waals surface area (Å²) < 4.78 is 28.0. The summed E-state index contributed by atoms with van der Waals surface area (Å²) in [6.45, 7) is 0. The van der Waals surface area contributed by atoms with Gasteiger partial charge in [-0.3, -0.25) is 0 Å². The van der Waals surface area contributed by atoms with Crippen molar-refractivity contribution >= 4 is 27.3 Å². The highest BCUT2D eigenvalue weighted by molar-refractivity contribution is 9.10. The summed E-state index contributed by atoms with van der Waals surface area (Å²) in [7, 11) is 0. The number of aryl methyl sites for hydroxylation is 2. The summed E-state index contributed by atoms with van der Waals surface area (Å²) in [5, 5.41) is 10.3. The van der Waals surface area contributed by atoms with Crippen LogP contribution < -0.4 is 0 Å². The zero-order valence-electron chi connectivity index (χ0n) is 10.6. The number of aliphatic hydroxyl groups is 1. The molecule has 0 aliphatic heterocycles. The van der Waals surface area contributed by atoms with E-state index >= 15 is 0 Å². The fraction of sp³-hybridized carbons (Fsp3) is 0.333. The molecular formula is C15H13BrF2OS. The molecule has 2 aromatic rings. The van der Waals surface area contributed by atoms with Crippen LogP contribution in [0.4, 0.5) is 8.78 Å². The predicted molar refractivity (Wildman–Crippen MR) is 79.1 cm³/mol. The van der Waals surface area contributed by atoms with E-state index in [4.69, 9.17) is 0 Å². The molecule has 1 unspecified atom stereocenters. The van der Waals surface area contributed by atoms with Crippen LogP contribution in [0.2, 0.25) is 0 Å². The topological polar surface area (TPSA) is 20.2 Å². The van der Waals surface area contributed by atoms with Crippen LogP contribution in [0.3, 0.4) is 0 Å². The third-order valence-corrected chi connectivity index (χ3v) is 5.54. The summed E-state index contributed by atoms with van der Waals surface area (Å²) in [5.74, 6) is -1.45. The minimum atomic E-state index is -1.25. The van der Waals surface area contributed by atoms with Crippen molar-refractivity contribution in [3.63, 3.8) is 0 Å². The van der Waals surface area contributed by atoms with Gasteiger partial charge >= 0.3 is 0 Å². The van der Waals surface area contributed by atoms with Gasteiger partial charge in [0.05, 0.1) is 10.0 Å². The van der Waals surface area contributed by atoms with Crippen LogP contribution in [0.1, 0.15) is 39.8 Å². The van der Waals surface area contributed by atoms with Gasteiger partial charge in [-0.1, -0.05) is 0 Å². The molecule has 0 amide bonds. The van der Waals surface area contributed by atoms with Crippen molar-refractivity contribution in [3.05, 3.63) is 55.2 Å². The monoisotopic (exact) mass is 358 g/mol. The highest BCUT2D eigenvalue weighted by Crippen LogP contribution is 2.37. The summed E-state index contributed by atoms with van der Waals surface area (Å²) >= 11 is 4.49. The van der Waals surface area contributed by atoms with Gasteiger partial charge in [-0.25, -0.2) is 8.78 Å². The summed E-state index contributed by atoms with van der Waals surface area (Å²) in [5.41, 5.74) is 0.934. The molecule has 1 aromatic carbocycles. The summed E-state index contributed by atoms with van der Waals surface area (Å²) in [4.78, 5) is 1.86. The molecule has 1 N–H and O–H groups in total. The van der Waals surface area contributed by atoms with E-state index in [1.807, 2.05) is 6.07 Å². The van der Waals surface area contributed by atoms with Gasteiger partial charge < -0.3 is 5.11 Å². The van der Waals surface area contributed by atoms with Gasteiger partial charge in [0.15, 0.2) is 0 Å². The van der Waals surface area contributed by atoms with Gasteiger partial charge in [0.1, 0.15) is 17.7 Å². The molecule has 0 radical (unpaired) electrons. The molecule has 0 bridgehead atoms. The maximum atomic E-state index is 14.0. The molecule has 1 atom stereocenters. The predicted octanol–water partition coefficient (Wildman–Crippen LogP) is 4.75. The Morgan fingerprint density at radius 1 is 1.20 bits per heavy atom. The fourth-order valence-corrected chi connectivity index (χ4v) is 4.18. The Morgan fingerprint density at radius 2 is 1.95 bits per heavy atom. The Bertz CT molecular complexity index is 630. The number of rotatable bonds is 2. The van der Waals surface area contributed by atoms with Crippen LogP contribution in [-0.4, -0.2) is 5.11 Å². The van der Waals surface area contributed by atoms with E-state index < -0.39 is 17.7 Å². The molecular weight excluding hydrogens is 346 g/mol. The quantitative estimate of drug-likeness (QED) is 0.768. The number of halogens is 3. The van der Waals surface area contributed by atoms with E-state index in [2.05, 4.69) is 15.9 Å². The number of thiophene rings is 1. The molecule has 1 nitrogen and oxygen atoms in total. The van der Waals surface area contributed by atoms with Gasteiger partial charge in [-0.15, -0.1) is 11.3 Å². The Balaban J connectivity index is 2.02. The molecule has 3 rings (SSSR count). The second-order valence-electron chi connectivity index (χ2n) is 4.96. The molecule has 1 aliphatic rings. The lowest BCUT2D eigenvalue weighted by Gasteiger charge is -2.12. The molecule has 106 valence electrons. The fourth-order valence-electron chi connectivity index (χ4n) is 2.58.